The Morgan fingerprint density at radius 3 is 2.04 bits per heavy atom. The molecule has 1 aromatic rings. The highest BCUT2D eigenvalue weighted by Gasteiger charge is 2.43. The van der Waals surface area contributed by atoms with Crippen LogP contribution in [-0.2, 0) is 28.7 Å². The number of ether oxygens (including phenoxy) is 2. The summed E-state index contributed by atoms with van der Waals surface area (Å²) in [6, 6.07) is 6.51. The van der Waals surface area contributed by atoms with Gasteiger partial charge in [-0.1, -0.05) is 76.6 Å². The zero-order valence-electron chi connectivity index (χ0n) is 33.9. The fourth-order valence-corrected chi connectivity index (χ4v) is 7.54. The van der Waals surface area contributed by atoms with Crippen LogP contribution in [0.1, 0.15) is 86.3 Å². The van der Waals surface area contributed by atoms with Gasteiger partial charge in [0.05, 0.1) is 54.8 Å². The molecule has 0 bridgehead atoms. The molecular formula is C40H67N5O7. The molecule has 3 N–H and O–H groups in total. The normalized spacial score (nSPS) is 19.8. The van der Waals surface area contributed by atoms with E-state index in [0.717, 1.165) is 12.0 Å². The fourth-order valence-electron chi connectivity index (χ4n) is 7.54. The van der Waals surface area contributed by atoms with Crippen LogP contribution in [0.25, 0.3) is 0 Å². The van der Waals surface area contributed by atoms with Gasteiger partial charge in [0.15, 0.2) is 0 Å². The number of methoxy groups -OCH3 is 2. The van der Waals surface area contributed by atoms with Gasteiger partial charge >= 0.3 is 0 Å². The lowest BCUT2D eigenvalue weighted by atomic mass is 9.93. The number of benzene rings is 1. The number of carbonyl (C=O) groups excluding carboxylic acids is 4. The molecule has 12 heteroatoms. The van der Waals surface area contributed by atoms with E-state index in [0.29, 0.717) is 18.5 Å². The minimum atomic E-state index is -0.880. The van der Waals surface area contributed by atoms with E-state index >= 15 is 0 Å². The molecule has 1 aliphatic heterocycles. The van der Waals surface area contributed by atoms with E-state index in [1.54, 1.807) is 37.8 Å². The number of aliphatic hydroxyl groups is 1. The van der Waals surface area contributed by atoms with Crippen LogP contribution in [0.3, 0.4) is 0 Å². The van der Waals surface area contributed by atoms with Crippen LogP contribution >= 0.6 is 0 Å². The highest BCUT2D eigenvalue weighted by molar-refractivity contribution is 5.90. The van der Waals surface area contributed by atoms with Crippen molar-refractivity contribution >= 4 is 23.6 Å². The Kier molecular flexibility index (Phi) is 17.9. The predicted octanol–water partition coefficient (Wildman–Crippen LogP) is 3.79. The number of aliphatic hydroxyl groups excluding tert-OH is 1. The molecule has 0 radical (unpaired) electrons. The quantitative estimate of drug-likeness (QED) is 0.183. The van der Waals surface area contributed by atoms with Crippen LogP contribution in [0.15, 0.2) is 42.0 Å². The molecule has 12 nitrogen and oxygen atoms in total. The minimum absolute atomic E-state index is 0.00740. The minimum Gasteiger partial charge on any atom is -0.386 e. The number of allylic oxidation sites excluding steroid dienone is 1. The number of likely N-dealkylation sites (N-methyl/N-ethyl adjacent to an activating group) is 2. The topological polar surface area (TPSA) is 141 Å². The smallest absolute Gasteiger partial charge is 0.245 e. The van der Waals surface area contributed by atoms with Crippen molar-refractivity contribution in [3.05, 3.63) is 47.5 Å². The third-order valence-corrected chi connectivity index (χ3v) is 10.6. The lowest BCUT2D eigenvalue weighted by molar-refractivity contribution is -0.145. The first-order valence-electron chi connectivity index (χ1n) is 18.7. The van der Waals surface area contributed by atoms with Gasteiger partial charge in [-0.3, -0.25) is 24.1 Å². The average molecular weight is 730 g/mol. The van der Waals surface area contributed by atoms with Crippen molar-refractivity contribution in [2.45, 2.75) is 123 Å². The summed E-state index contributed by atoms with van der Waals surface area (Å²) in [6.45, 7) is 15.6. The Labute approximate surface area is 312 Å². The van der Waals surface area contributed by atoms with Crippen molar-refractivity contribution in [2.24, 2.45) is 17.8 Å². The number of hydrogen-bond acceptors (Lipinski definition) is 8. The van der Waals surface area contributed by atoms with Gasteiger partial charge in [0.25, 0.3) is 0 Å². The van der Waals surface area contributed by atoms with E-state index in [4.69, 9.17) is 9.47 Å². The Hall–Kier alpha value is -3.32. The Morgan fingerprint density at radius 1 is 0.923 bits per heavy atom. The van der Waals surface area contributed by atoms with Crippen molar-refractivity contribution < 1.29 is 33.8 Å². The van der Waals surface area contributed by atoms with Crippen molar-refractivity contribution in [2.75, 3.05) is 41.9 Å². The summed E-state index contributed by atoms with van der Waals surface area (Å²) in [5, 5.41) is 16.8. The third-order valence-electron chi connectivity index (χ3n) is 10.6. The molecule has 0 aliphatic carbocycles. The molecule has 0 aromatic heterocycles. The van der Waals surface area contributed by atoms with Crippen molar-refractivity contribution in [3.8, 4) is 0 Å². The molecule has 52 heavy (non-hydrogen) atoms. The first kappa shape index (κ1) is 44.8. The van der Waals surface area contributed by atoms with Crippen molar-refractivity contribution in [1.82, 2.24) is 25.3 Å². The summed E-state index contributed by atoms with van der Waals surface area (Å²) in [5.41, 5.74) is 1.56. The molecule has 1 heterocycles. The highest BCUT2D eigenvalue weighted by Crippen LogP contribution is 2.29. The van der Waals surface area contributed by atoms with Crippen LogP contribution in [0.4, 0.5) is 0 Å². The second-order valence-corrected chi connectivity index (χ2v) is 15.2. The molecule has 0 unspecified atom stereocenters. The molecule has 4 amide bonds. The number of rotatable bonds is 19. The summed E-state index contributed by atoms with van der Waals surface area (Å²) in [6.07, 6.45) is 1.16. The summed E-state index contributed by atoms with van der Waals surface area (Å²) < 4.78 is 11.9. The lowest BCUT2D eigenvalue weighted by Gasteiger charge is -2.39. The molecule has 1 aliphatic rings. The maximum Gasteiger partial charge on any atom is 0.245 e. The lowest BCUT2D eigenvalue weighted by Crippen LogP contribution is -2.59. The molecule has 1 aromatic carbocycles. The molecule has 2 rings (SSSR count). The maximum absolute atomic E-state index is 14.2. The summed E-state index contributed by atoms with van der Waals surface area (Å²) >= 11 is 0. The van der Waals surface area contributed by atoms with Gasteiger partial charge in [0.1, 0.15) is 6.04 Å². The van der Waals surface area contributed by atoms with E-state index in [1.165, 1.54) is 7.11 Å². The predicted molar refractivity (Wildman–Crippen MR) is 204 cm³/mol. The molecule has 0 spiro atoms. The first-order chi connectivity index (χ1) is 24.4. The molecule has 1 fully saturated rings. The average Bonchev–Trinajstić information content (AvgIpc) is 3.59. The molecule has 294 valence electrons. The van der Waals surface area contributed by atoms with Crippen molar-refractivity contribution in [3.63, 3.8) is 0 Å². The maximum atomic E-state index is 14.2. The number of hydrogen-bond donors (Lipinski definition) is 3. The second-order valence-electron chi connectivity index (χ2n) is 15.2. The van der Waals surface area contributed by atoms with Gasteiger partial charge in [0.2, 0.25) is 23.6 Å². The van der Waals surface area contributed by atoms with E-state index in [1.807, 2.05) is 96.9 Å². The van der Waals surface area contributed by atoms with E-state index in [9.17, 15) is 24.3 Å². The number of nitrogens with zero attached hydrogens (tertiary/aromatic N) is 3. The van der Waals surface area contributed by atoms with Gasteiger partial charge in [-0.05, 0) is 65.1 Å². The largest absolute Gasteiger partial charge is 0.386 e. The Balaban J connectivity index is 2.26. The van der Waals surface area contributed by atoms with Crippen molar-refractivity contribution in [1.29, 1.82) is 0 Å². The van der Waals surface area contributed by atoms with E-state index < -0.39 is 48.4 Å². The first-order valence-corrected chi connectivity index (χ1v) is 18.7. The van der Waals surface area contributed by atoms with Gasteiger partial charge in [-0.15, -0.1) is 0 Å². The Bertz CT molecular complexity index is 1330. The highest BCUT2D eigenvalue weighted by atomic mass is 16.5. The zero-order valence-corrected chi connectivity index (χ0v) is 33.9. The van der Waals surface area contributed by atoms with E-state index in [-0.39, 0.29) is 47.9 Å². The van der Waals surface area contributed by atoms with Crippen LogP contribution < -0.4 is 10.6 Å². The summed E-state index contributed by atoms with van der Waals surface area (Å²) in [7, 11) is 8.48. The number of carbonyl (C=O) groups is 4. The van der Waals surface area contributed by atoms with Gasteiger partial charge in [-0.2, -0.15) is 0 Å². The SMILES string of the molecule is C/C=C(\C)[C@@H]([C@@H](CC(=O)N1CCC[C@H]1[C@H](OC)[C@@H](C)C(=O)N[C@H](C)[C@@H](O)c1ccccc1)OC)N(C)C(=O)[C@@H](NC(=O)[C@H](C(C)C)N(C)C)C(C)C. The van der Waals surface area contributed by atoms with Gasteiger partial charge in [0, 0.05) is 27.8 Å². The number of likely N-dealkylation sites (tertiary alicyclic amines) is 1. The zero-order chi connectivity index (χ0) is 39.4. The van der Waals surface area contributed by atoms with E-state index in [2.05, 4.69) is 10.6 Å². The second kappa shape index (κ2) is 20.8. The third kappa shape index (κ3) is 11.3. The fraction of sp³-hybridized carbons (Fsp3) is 0.700. The van der Waals surface area contributed by atoms with Crippen LogP contribution in [0.5, 0.6) is 0 Å². The monoisotopic (exact) mass is 730 g/mol. The van der Waals surface area contributed by atoms with Crippen LogP contribution in [0, 0.1) is 17.8 Å². The molecule has 1 saturated heterocycles. The number of nitrogens with one attached hydrogen (secondary N) is 2. The standard InChI is InChI=1S/C40H67N5O7/c1-14-26(6)35(44(11)40(50)33(24(2)3)42-39(49)34(25(4)5)43(9)10)31(51-12)23-32(46)45-22-18-21-30(45)37(52-13)27(7)38(48)41-28(8)36(47)29-19-16-15-17-20-29/h14-17,19-20,24-25,27-28,30-31,33-37,47H,18,21-23H2,1-13H3,(H,41,48)(H,42,49)/b26-14+/t27-,28-,30+,31-,33+,34+,35+,36-,37-/m1/s1. The summed E-state index contributed by atoms with van der Waals surface area (Å²) in [5.74, 6) is -1.68. The van der Waals surface area contributed by atoms with Gasteiger partial charge in [-0.25, -0.2) is 0 Å². The number of amides is 4. The molecular weight excluding hydrogens is 662 g/mol. The Morgan fingerprint density at radius 2 is 1.54 bits per heavy atom. The molecule has 0 saturated carbocycles. The van der Waals surface area contributed by atoms with Crippen LogP contribution in [0.2, 0.25) is 0 Å². The molecule has 9 atom stereocenters. The van der Waals surface area contributed by atoms with Gasteiger partial charge < -0.3 is 35.0 Å². The summed E-state index contributed by atoms with van der Waals surface area (Å²) in [4.78, 5) is 60.4. The van der Waals surface area contributed by atoms with Crippen LogP contribution in [-0.4, -0.2) is 128 Å².